The lowest BCUT2D eigenvalue weighted by Gasteiger charge is -2.07. The van der Waals surface area contributed by atoms with Gasteiger partial charge >= 0.3 is 5.97 Å². The molecule has 2 aromatic heterocycles. The standard InChI is InChI=1S/C13H14N4O2/c1-3-4-5-6-17-12-9(7-15-17)11(14)10(13(18)19)8(2)16-12/h1,7H,4-6H2,2H3,(H2,14,16)(H,18,19). The molecule has 0 atom stereocenters. The number of carboxylic acid groups (broad SMARTS) is 1. The molecule has 0 aromatic carbocycles. The van der Waals surface area contributed by atoms with Gasteiger partial charge in [-0.3, -0.25) is 0 Å². The number of anilines is 1. The maximum Gasteiger partial charge on any atom is 0.339 e. The molecule has 2 heterocycles. The van der Waals surface area contributed by atoms with Crippen molar-refractivity contribution in [2.24, 2.45) is 0 Å². The molecule has 0 saturated heterocycles. The van der Waals surface area contributed by atoms with E-state index >= 15 is 0 Å². The normalized spacial score (nSPS) is 10.5. The van der Waals surface area contributed by atoms with Crippen molar-refractivity contribution < 1.29 is 9.90 Å². The molecule has 0 fully saturated rings. The summed E-state index contributed by atoms with van der Waals surface area (Å²) >= 11 is 0. The number of hydrogen-bond acceptors (Lipinski definition) is 4. The second-order valence-corrected chi connectivity index (χ2v) is 4.20. The van der Waals surface area contributed by atoms with E-state index in [2.05, 4.69) is 16.0 Å². The minimum atomic E-state index is -1.08. The number of aromatic nitrogens is 3. The van der Waals surface area contributed by atoms with Crippen LogP contribution in [-0.2, 0) is 6.54 Å². The summed E-state index contributed by atoms with van der Waals surface area (Å²) in [5.74, 6) is 1.48. The van der Waals surface area contributed by atoms with Gasteiger partial charge in [-0.1, -0.05) is 0 Å². The van der Waals surface area contributed by atoms with E-state index in [9.17, 15) is 4.79 Å². The molecule has 0 aliphatic carbocycles. The van der Waals surface area contributed by atoms with Gasteiger partial charge in [0.2, 0.25) is 0 Å². The number of nitrogens with zero attached hydrogens (tertiary/aromatic N) is 3. The largest absolute Gasteiger partial charge is 0.478 e. The zero-order valence-electron chi connectivity index (χ0n) is 10.6. The van der Waals surface area contributed by atoms with Crippen molar-refractivity contribution in [2.75, 3.05) is 5.73 Å². The third-order valence-corrected chi connectivity index (χ3v) is 2.91. The van der Waals surface area contributed by atoms with Crippen LogP contribution in [0.15, 0.2) is 6.20 Å². The van der Waals surface area contributed by atoms with E-state index in [0.29, 0.717) is 29.7 Å². The Morgan fingerprint density at radius 3 is 3.00 bits per heavy atom. The SMILES string of the molecule is C#CCCCn1ncc2c(N)c(C(=O)O)c(C)nc21. The van der Waals surface area contributed by atoms with E-state index in [1.165, 1.54) is 0 Å². The van der Waals surface area contributed by atoms with Gasteiger partial charge in [-0.15, -0.1) is 12.3 Å². The first-order chi connectivity index (χ1) is 9.06. The van der Waals surface area contributed by atoms with E-state index in [0.717, 1.165) is 6.42 Å². The van der Waals surface area contributed by atoms with Gasteiger partial charge in [0.25, 0.3) is 0 Å². The number of rotatable bonds is 4. The van der Waals surface area contributed by atoms with Crippen molar-refractivity contribution in [3.8, 4) is 12.3 Å². The Bertz CT molecular complexity index is 682. The zero-order valence-corrected chi connectivity index (χ0v) is 10.6. The minimum Gasteiger partial charge on any atom is -0.478 e. The lowest BCUT2D eigenvalue weighted by atomic mass is 10.1. The van der Waals surface area contributed by atoms with Crippen LogP contribution in [-0.4, -0.2) is 25.8 Å². The Labute approximate surface area is 110 Å². The molecule has 2 rings (SSSR count). The van der Waals surface area contributed by atoms with Crippen LogP contribution in [0, 0.1) is 19.3 Å². The third-order valence-electron chi connectivity index (χ3n) is 2.91. The topological polar surface area (TPSA) is 94.0 Å². The van der Waals surface area contributed by atoms with Crippen LogP contribution in [0.2, 0.25) is 0 Å². The first-order valence-electron chi connectivity index (χ1n) is 5.84. The first-order valence-corrected chi connectivity index (χ1v) is 5.84. The number of terminal acetylenes is 1. The summed E-state index contributed by atoms with van der Waals surface area (Å²) in [6, 6.07) is 0. The second kappa shape index (κ2) is 4.98. The van der Waals surface area contributed by atoms with Crippen molar-refractivity contribution in [2.45, 2.75) is 26.3 Å². The fourth-order valence-electron chi connectivity index (χ4n) is 2.00. The quantitative estimate of drug-likeness (QED) is 0.639. The Morgan fingerprint density at radius 2 is 2.37 bits per heavy atom. The molecule has 6 nitrogen and oxygen atoms in total. The molecule has 0 spiro atoms. The molecule has 0 aliphatic rings. The van der Waals surface area contributed by atoms with E-state index in [1.807, 2.05) is 0 Å². The molecular weight excluding hydrogens is 244 g/mol. The van der Waals surface area contributed by atoms with Gasteiger partial charge in [-0.25, -0.2) is 14.5 Å². The summed E-state index contributed by atoms with van der Waals surface area (Å²) in [6.07, 6.45) is 8.18. The highest BCUT2D eigenvalue weighted by Crippen LogP contribution is 2.25. The number of unbranched alkanes of at least 4 members (excludes halogenated alkanes) is 1. The number of nitrogen functional groups attached to an aromatic ring is 1. The smallest absolute Gasteiger partial charge is 0.339 e. The number of pyridine rings is 1. The fourth-order valence-corrected chi connectivity index (χ4v) is 2.00. The molecule has 0 aliphatic heterocycles. The lowest BCUT2D eigenvalue weighted by molar-refractivity contribution is 0.0697. The molecule has 2 aromatic rings. The van der Waals surface area contributed by atoms with E-state index < -0.39 is 5.97 Å². The maximum absolute atomic E-state index is 11.1. The highest BCUT2D eigenvalue weighted by Gasteiger charge is 2.18. The van der Waals surface area contributed by atoms with Gasteiger partial charge in [0.1, 0.15) is 5.56 Å². The summed E-state index contributed by atoms with van der Waals surface area (Å²) in [5, 5.41) is 13.9. The van der Waals surface area contributed by atoms with Crippen LogP contribution >= 0.6 is 0 Å². The molecule has 0 saturated carbocycles. The summed E-state index contributed by atoms with van der Waals surface area (Å²) in [6.45, 7) is 2.25. The maximum atomic E-state index is 11.1. The average molecular weight is 258 g/mol. The van der Waals surface area contributed by atoms with Gasteiger partial charge in [0.15, 0.2) is 5.65 Å². The molecule has 98 valence electrons. The average Bonchev–Trinajstić information content (AvgIpc) is 2.72. The highest BCUT2D eigenvalue weighted by molar-refractivity contribution is 6.03. The third kappa shape index (κ3) is 2.22. The fraction of sp³-hybridized carbons (Fsp3) is 0.308. The Morgan fingerprint density at radius 1 is 1.63 bits per heavy atom. The van der Waals surface area contributed by atoms with Crippen molar-refractivity contribution >= 4 is 22.7 Å². The van der Waals surface area contributed by atoms with E-state index in [1.54, 1.807) is 17.8 Å². The Hall–Kier alpha value is -2.55. The van der Waals surface area contributed by atoms with Crippen LogP contribution < -0.4 is 5.73 Å². The summed E-state index contributed by atoms with van der Waals surface area (Å²) in [7, 11) is 0. The van der Waals surface area contributed by atoms with E-state index in [4.69, 9.17) is 17.3 Å². The van der Waals surface area contributed by atoms with Crippen LogP contribution in [0.1, 0.15) is 28.9 Å². The summed E-state index contributed by atoms with van der Waals surface area (Å²) in [4.78, 5) is 15.4. The van der Waals surface area contributed by atoms with Gasteiger partial charge in [0.05, 0.1) is 23.0 Å². The molecule has 3 N–H and O–H groups in total. The van der Waals surface area contributed by atoms with Gasteiger partial charge in [0, 0.05) is 13.0 Å². The Balaban J connectivity index is 2.51. The predicted octanol–water partition coefficient (Wildman–Crippen LogP) is 1.43. The number of aromatic carboxylic acids is 1. The summed E-state index contributed by atoms with van der Waals surface area (Å²) in [5.41, 5.74) is 7.11. The van der Waals surface area contributed by atoms with Crippen LogP contribution in [0.25, 0.3) is 11.0 Å². The van der Waals surface area contributed by atoms with E-state index in [-0.39, 0.29) is 11.3 Å². The molecule has 0 unspecified atom stereocenters. The van der Waals surface area contributed by atoms with Crippen LogP contribution in [0.3, 0.4) is 0 Å². The number of aryl methyl sites for hydroxylation is 2. The number of fused-ring (bicyclic) bond motifs is 1. The molecule has 0 amide bonds. The Kier molecular flexibility index (Phi) is 3.38. The molecule has 0 bridgehead atoms. The van der Waals surface area contributed by atoms with Crippen molar-refractivity contribution in [1.82, 2.24) is 14.8 Å². The lowest BCUT2D eigenvalue weighted by Crippen LogP contribution is -2.09. The molecule has 19 heavy (non-hydrogen) atoms. The predicted molar refractivity (Wildman–Crippen MR) is 71.7 cm³/mol. The van der Waals surface area contributed by atoms with Gasteiger partial charge in [-0.05, 0) is 13.3 Å². The number of hydrogen-bond donors (Lipinski definition) is 2. The number of nitrogens with two attached hydrogens (primary N) is 1. The van der Waals surface area contributed by atoms with Gasteiger partial charge in [-0.2, -0.15) is 5.10 Å². The molecule has 6 heteroatoms. The zero-order chi connectivity index (χ0) is 14.0. The second-order valence-electron chi connectivity index (χ2n) is 4.20. The first kappa shape index (κ1) is 12.9. The van der Waals surface area contributed by atoms with Crippen molar-refractivity contribution in [3.63, 3.8) is 0 Å². The van der Waals surface area contributed by atoms with Crippen molar-refractivity contribution in [1.29, 1.82) is 0 Å². The highest BCUT2D eigenvalue weighted by atomic mass is 16.4. The van der Waals surface area contributed by atoms with Crippen LogP contribution in [0.4, 0.5) is 5.69 Å². The summed E-state index contributed by atoms with van der Waals surface area (Å²) < 4.78 is 1.70. The number of carbonyl (C=O) groups is 1. The number of carboxylic acids is 1. The van der Waals surface area contributed by atoms with Gasteiger partial charge < -0.3 is 10.8 Å². The molecule has 0 radical (unpaired) electrons. The molecular formula is C13H14N4O2. The van der Waals surface area contributed by atoms with Crippen LogP contribution in [0.5, 0.6) is 0 Å². The monoisotopic (exact) mass is 258 g/mol. The minimum absolute atomic E-state index is 0.0377. The van der Waals surface area contributed by atoms with Crippen molar-refractivity contribution in [3.05, 3.63) is 17.5 Å².